The molecular formula is C4H3F3N2. The van der Waals surface area contributed by atoms with Crippen molar-refractivity contribution in [3.05, 3.63) is 18.6 Å². The van der Waals surface area contributed by atoms with Crippen LogP contribution >= 0.6 is 0 Å². The van der Waals surface area contributed by atoms with Crippen molar-refractivity contribution < 1.29 is 13.2 Å². The Bertz CT molecular complexity index is 137. The van der Waals surface area contributed by atoms with Crippen LogP contribution in [0.25, 0.3) is 0 Å². The molecule has 0 fully saturated rings. The van der Waals surface area contributed by atoms with Crippen LogP contribution in [-0.4, -0.2) is 6.18 Å². The molecule has 0 aromatic carbocycles. The molecule has 0 aromatic heterocycles. The predicted molar refractivity (Wildman–Crippen MR) is 23.7 cm³/mol. The number of nitrogens with one attached hydrogen (secondary N) is 2. The highest BCUT2D eigenvalue weighted by Crippen LogP contribution is 2.23. The molecule has 9 heavy (non-hydrogen) atoms. The highest BCUT2D eigenvalue weighted by Gasteiger charge is 2.35. The molecule has 0 bridgehead atoms. The van der Waals surface area contributed by atoms with Crippen LogP contribution in [0.1, 0.15) is 0 Å². The molecule has 2 N–H and O–H groups in total. The van der Waals surface area contributed by atoms with Crippen LogP contribution in [-0.2, 0) is 0 Å². The number of alkyl halides is 3. The second-order valence-corrected chi connectivity index (χ2v) is 1.45. The smallest absolute Gasteiger partial charge is 0.360 e. The van der Waals surface area contributed by atoms with Crippen molar-refractivity contribution in [3.8, 4) is 0 Å². The molecule has 2 nitrogen and oxygen atoms in total. The minimum Gasteiger partial charge on any atom is -0.360 e. The van der Waals surface area contributed by atoms with Gasteiger partial charge in [0.25, 0.3) is 0 Å². The lowest BCUT2D eigenvalue weighted by molar-refractivity contribution is -0.0951. The number of hydrogen-bond acceptors (Lipinski definition) is 2. The van der Waals surface area contributed by atoms with Gasteiger partial charge in [0, 0.05) is 6.20 Å². The first-order valence-corrected chi connectivity index (χ1v) is 2.14. The van der Waals surface area contributed by atoms with Crippen molar-refractivity contribution in [3.63, 3.8) is 0 Å². The number of hydrogen-bond donors (Lipinski definition) is 2. The van der Waals surface area contributed by atoms with Gasteiger partial charge in [-0.1, -0.05) is 0 Å². The van der Waals surface area contributed by atoms with Crippen LogP contribution in [0.4, 0.5) is 13.2 Å². The van der Waals surface area contributed by atoms with Crippen LogP contribution in [0.2, 0.25) is 0 Å². The lowest BCUT2D eigenvalue weighted by atomic mass is 10.5. The molecular weight excluding hydrogens is 133 g/mol. The number of allylic oxidation sites excluding steroid dienone is 1. The van der Waals surface area contributed by atoms with Crippen molar-refractivity contribution in [1.82, 2.24) is 10.6 Å². The standard InChI is InChI=1S/C4H3F3N2/c5-4(6,7)3-1-8-2-9-3/h1,8-9H. The average Bonchev–Trinajstić information content (AvgIpc) is 2.08. The van der Waals surface area contributed by atoms with E-state index in [4.69, 9.17) is 0 Å². The van der Waals surface area contributed by atoms with Gasteiger partial charge in [-0.05, 0) is 0 Å². The predicted octanol–water partition coefficient (Wildman–Crippen LogP) is 0.579. The fourth-order valence-corrected chi connectivity index (χ4v) is 0.400. The molecule has 0 saturated carbocycles. The Balaban J connectivity index is 2.61. The summed E-state index contributed by atoms with van der Waals surface area (Å²) in [5, 5.41) is 4.01. The van der Waals surface area contributed by atoms with Crippen molar-refractivity contribution in [2.75, 3.05) is 0 Å². The summed E-state index contributed by atoms with van der Waals surface area (Å²) in [7, 11) is 0. The summed E-state index contributed by atoms with van der Waals surface area (Å²) in [6, 6.07) is 0. The summed E-state index contributed by atoms with van der Waals surface area (Å²) < 4.78 is 34.6. The molecule has 0 aromatic rings. The summed E-state index contributed by atoms with van der Waals surface area (Å²) in [4.78, 5) is 0. The van der Waals surface area contributed by atoms with E-state index in [0.29, 0.717) is 0 Å². The van der Waals surface area contributed by atoms with E-state index < -0.39 is 11.9 Å². The third kappa shape index (κ3) is 1.28. The first-order chi connectivity index (χ1) is 4.11. The van der Waals surface area contributed by atoms with Gasteiger partial charge in [0.05, 0.1) is 0 Å². The zero-order valence-corrected chi connectivity index (χ0v) is 4.21. The Morgan fingerprint density at radius 3 is 2.33 bits per heavy atom. The number of halogens is 3. The van der Waals surface area contributed by atoms with Crippen LogP contribution in [0.5, 0.6) is 0 Å². The molecule has 1 heterocycles. The molecule has 0 atom stereocenters. The zero-order chi connectivity index (χ0) is 6.91. The molecule has 5 heteroatoms. The van der Waals surface area contributed by atoms with Crippen molar-refractivity contribution in [2.24, 2.45) is 0 Å². The molecule has 0 aliphatic carbocycles. The van der Waals surface area contributed by atoms with Crippen LogP contribution in [0.3, 0.4) is 0 Å². The normalized spacial score (nSPS) is 18.3. The summed E-state index contributed by atoms with van der Waals surface area (Å²) in [6.07, 6.45) is -3.49. The Hall–Kier alpha value is -0.870. The SMILES string of the molecule is FC(F)(F)C1=CN[C]N1. The van der Waals surface area contributed by atoms with Crippen molar-refractivity contribution in [1.29, 1.82) is 0 Å². The van der Waals surface area contributed by atoms with Gasteiger partial charge < -0.3 is 10.6 Å². The summed E-state index contributed by atoms with van der Waals surface area (Å²) in [5.74, 6) is 0. The van der Waals surface area contributed by atoms with Gasteiger partial charge in [-0.15, -0.1) is 0 Å². The van der Waals surface area contributed by atoms with E-state index in [1.807, 2.05) is 5.32 Å². The summed E-state index contributed by atoms with van der Waals surface area (Å²) >= 11 is 0. The molecule has 0 unspecified atom stereocenters. The van der Waals surface area contributed by atoms with E-state index >= 15 is 0 Å². The first-order valence-electron chi connectivity index (χ1n) is 2.14. The van der Waals surface area contributed by atoms with E-state index in [0.717, 1.165) is 6.20 Å². The maximum absolute atomic E-state index is 11.5. The Kier molecular flexibility index (Phi) is 1.27. The van der Waals surface area contributed by atoms with Gasteiger partial charge in [-0.3, -0.25) is 0 Å². The molecule has 50 valence electrons. The van der Waals surface area contributed by atoms with Gasteiger partial charge in [0.1, 0.15) is 5.70 Å². The van der Waals surface area contributed by atoms with Crippen LogP contribution in [0.15, 0.2) is 11.9 Å². The van der Waals surface area contributed by atoms with Crippen LogP contribution in [0, 0.1) is 6.67 Å². The largest absolute Gasteiger partial charge is 0.432 e. The summed E-state index contributed by atoms with van der Waals surface area (Å²) in [6.45, 7) is 2.07. The fourth-order valence-electron chi connectivity index (χ4n) is 0.400. The molecule has 0 saturated heterocycles. The van der Waals surface area contributed by atoms with E-state index in [1.165, 1.54) is 0 Å². The van der Waals surface area contributed by atoms with Gasteiger partial charge in [0.2, 0.25) is 6.67 Å². The van der Waals surface area contributed by atoms with Gasteiger partial charge >= 0.3 is 6.18 Å². The average molecular weight is 136 g/mol. The highest BCUT2D eigenvalue weighted by atomic mass is 19.4. The minimum absolute atomic E-state index is 0.806. The monoisotopic (exact) mass is 136 g/mol. The first kappa shape index (κ1) is 6.25. The fraction of sp³-hybridized carbons (Fsp3) is 0.250. The Morgan fingerprint density at radius 1 is 1.44 bits per heavy atom. The molecule has 1 aliphatic rings. The second kappa shape index (κ2) is 1.82. The molecule has 0 amide bonds. The second-order valence-electron chi connectivity index (χ2n) is 1.45. The number of rotatable bonds is 0. The lowest BCUT2D eigenvalue weighted by Gasteiger charge is -2.04. The molecule has 1 rings (SSSR count). The van der Waals surface area contributed by atoms with E-state index in [2.05, 4.69) is 12.0 Å². The quantitative estimate of drug-likeness (QED) is 0.509. The van der Waals surface area contributed by atoms with Gasteiger partial charge in [-0.25, -0.2) is 0 Å². The van der Waals surface area contributed by atoms with Crippen molar-refractivity contribution >= 4 is 0 Å². The van der Waals surface area contributed by atoms with Gasteiger partial charge in [-0.2, -0.15) is 13.2 Å². The molecule has 0 spiro atoms. The third-order valence-electron chi connectivity index (χ3n) is 0.791. The summed E-state index contributed by atoms with van der Waals surface area (Å²) in [5.41, 5.74) is -0.817. The van der Waals surface area contributed by atoms with E-state index in [-0.39, 0.29) is 0 Å². The van der Waals surface area contributed by atoms with Gasteiger partial charge in [0.15, 0.2) is 0 Å². The zero-order valence-electron chi connectivity index (χ0n) is 4.21. The Morgan fingerprint density at radius 2 is 2.11 bits per heavy atom. The molecule has 1 aliphatic heterocycles. The van der Waals surface area contributed by atoms with Crippen LogP contribution < -0.4 is 10.6 Å². The van der Waals surface area contributed by atoms with E-state index in [9.17, 15) is 13.2 Å². The topological polar surface area (TPSA) is 24.1 Å². The molecule has 2 radical (unpaired) electrons. The van der Waals surface area contributed by atoms with Crippen molar-refractivity contribution in [2.45, 2.75) is 6.18 Å². The minimum atomic E-state index is -4.30. The highest BCUT2D eigenvalue weighted by molar-refractivity contribution is 5.12. The Labute approximate surface area is 49.7 Å². The third-order valence-corrected chi connectivity index (χ3v) is 0.791. The lowest BCUT2D eigenvalue weighted by Crippen LogP contribution is -2.20. The maximum atomic E-state index is 11.5. The van der Waals surface area contributed by atoms with E-state index in [1.54, 1.807) is 0 Å². The maximum Gasteiger partial charge on any atom is 0.432 e.